The van der Waals surface area contributed by atoms with Gasteiger partial charge in [0, 0.05) is 5.02 Å². The molecule has 7 heteroatoms. The molecule has 104 valence electrons. The number of hydrogen-bond donors (Lipinski definition) is 2. The third kappa shape index (κ3) is 3.20. The molecule has 0 radical (unpaired) electrons. The molecule has 0 bridgehead atoms. The van der Waals surface area contributed by atoms with E-state index < -0.39 is 5.82 Å². The quantitative estimate of drug-likeness (QED) is 0.375. The molecule has 0 fully saturated rings. The number of halogens is 3. The van der Waals surface area contributed by atoms with Crippen molar-refractivity contribution in [1.82, 2.24) is 0 Å². The van der Waals surface area contributed by atoms with E-state index in [1.54, 1.807) is 12.1 Å². The van der Waals surface area contributed by atoms with Gasteiger partial charge in [-0.05, 0) is 52.3 Å². The van der Waals surface area contributed by atoms with Crippen molar-refractivity contribution in [3.05, 3.63) is 57.3 Å². The molecule has 3 N–H and O–H groups in total. The molecule has 0 amide bonds. The second-order valence-electron chi connectivity index (χ2n) is 3.80. The van der Waals surface area contributed by atoms with Crippen LogP contribution in [0.15, 0.2) is 46.0 Å². The SMILES string of the molecule is NC(=NO)c1cc(Cl)ccc1Oc1ccc(F)cc1Br. The smallest absolute Gasteiger partial charge is 0.173 e. The number of hydrogen-bond acceptors (Lipinski definition) is 3. The first-order valence-electron chi connectivity index (χ1n) is 5.41. The maximum absolute atomic E-state index is 13.0. The molecule has 20 heavy (non-hydrogen) atoms. The summed E-state index contributed by atoms with van der Waals surface area (Å²) in [4.78, 5) is 0. The highest BCUT2D eigenvalue weighted by atomic mass is 79.9. The van der Waals surface area contributed by atoms with Crippen LogP contribution < -0.4 is 10.5 Å². The van der Waals surface area contributed by atoms with Gasteiger partial charge in [-0.2, -0.15) is 0 Å². The van der Waals surface area contributed by atoms with Gasteiger partial charge in [-0.3, -0.25) is 0 Å². The fraction of sp³-hybridized carbons (Fsp3) is 0. The molecule has 0 unspecified atom stereocenters. The summed E-state index contributed by atoms with van der Waals surface area (Å²) in [6.07, 6.45) is 0. The van der Waals surface area contributed by atoms with Crippen LogP contribution in [0.4, 0.5) is 4.39 Å². The molecule has 0 aliphatic rings. The van der Waals surface area contributed by atoms with E-state index in [2.05, 4.69) is 21.1 Å². The van der Waals surface area contributed by atoms with Gasteiger partial charge in [0.2, 0.25) is 0 Å². The zero-order chi connectivity index (χ0) is 14.7. The molecule has 2 aromatic carbocycles. The number of benzene rings is 2. The Labute approximate surface area is 127 Å². The normalized spacial score (nSPS) is 11.4. The number of amidine groups is 1. The predicted molar refractivity (Wildman–Crippen MR) is 78.1 cm³/mol. The Hall–Kier alpha value is -1.79. The Morgan fingerprint density at radius 1 is 1.25 bits per heavy atom. The minimum atomic E-state index is -0.392. The van der Waals surface area contributed by atoms with Crippen molar-refractivity contribution in [1.29, 1.82) is 0 Å². The average molecular weight is 360 g/mol. The van der Waals surface area contributed by atoms with Gasteiger partial charge < -0.3 is 15.7 Å². The van der Waals surface area contributed by atoms with Gasteiger partial charge in [-0.15, -0.1) is 0 Å². The lowest BCUT2D eigenvalue weighted by Crippen LogP contribution is -2.14. The van der Waals surface area contributed by atoms with Crippen LogP contribution in [0.2, 0.25) is 5.02 Å². The van der Waals surface area contributed by atoms with Crippen LogP contribution in [0.5, 0.6) is 11.5 Å². The number of oxime groups is 1. The van der Waals surface area contributed by atoms with Gasteiger partial charge in [0.1, 0.15) is 17.3 Å². The Kier molecular flexibility index (Phi) is 4.46. The number of ether oxygens (including phenoxy) is 1. The molecule has 0 heterocycles. The molecule has 0 aliphatic carbocycles. The van der Waals surface area contributed by atoms with E-state index in [0.717, 1.165) is 0 Å². The fourth-order valence-corrected chi connectivity index (χ4v) is 2.13. The lowest BCUT2D eigenvalue weighted by Gasteiger charge is -2.12. The number of nitrogens with zero attached hydrogens (tertiary/aromatic N) is 1. The van der Waals surface area contributed by atoms with Crippen LogP contribution in [-0.2, 0) is 0 Å². The minimum absolute atomic E-state index is 0.138. The van der Waals surface area contributed by atoms with Crippen molar-refractivity contribution in [2.45, 2.75) is 0 Å². The summed E-state index contributed by atoms with van der Waals surface area (Å²) in [6.45, 7) is 0. The number of rotatable bonds is 3. The second-order valence-corrected chi connectivity index (χ2v) is 5.09. The molecule has 0 saturated carbocycles. The maximum atomic E-state index is 13.0. The van der Waals surface area contributed by atoms with E-state index in [-0.39, 0.29) is 5.84 Å². The van der Waals surface area contributed by atoms with Crippen molar-refractivity contribution in [3.63, 3.8) is 0 Å². The largest absolute Gasteiger partial charge is 0.455 e. The monoisotopic (exact) mass is 358 g/mol. The van der Waals surface area contributed by atoms with Gasteiger partial charge in [0.25, 0.3) is 0 Å². The summed E-state index contributed by atoms with van der Waals surface area (Å²) in [5.41, 5.74) is 5.90. The summed E-state index contributed by atoms with van der Waals surface area (Å²) in [6, 6.07) is 8.68. The van der Waals surface area contributed by atoms with Crippen LogP contribution in [0.25, 0.3) is 0 Å². The van der Waals surface area contributed by atoms with E-state index in [9.17, 15) is 4.39 Å². The first kappa shape index (κ1) is 14.6. The summed E-state index contributed by atoms with van der Waals surface area (Å²) in [5, 5.41) is 12.1. The third-order valence-electron chi connectivity index (χ3n) is 2.44. The van der Waals surface area contributed by atoms with Crippen molar-refractivity contribution < 1.29 is 14.3 Å². The Balaban J connectivity index is 2.43. The Morgan fingerprint density at radius 2 is 1.95 bits per heavy atom. The molecule has 0 aromatic heterocycles. The standard InChI is InChI=1S/C13H9BrClFN2O2/c14-10-6-8(16)2-4-12(10)20-11-3-1-7(15)5-9(11)13(17)18-19/h1-6,19H,(H2,17,18). The Morgan fingerprint density at radius 3 is 2.60 bits per heavy atom. The van der Waals surface area contributed by atoms with Gasteiger partial charge in [-0.1, -0.05) is 16.8 Å². The zero-order valence-corrected chi connectivity index (χ0v) is 12.3. The molecular weight excluding hydrogens is 351 g/mol. The second kappa shape index (κ2) is 6.11. The van der Waals surface area contributed by atoms with Gasteiger partial charge in [0.05, 0.1) is 10.0 Å². The molecule has 2 aromatic rings. The lowest BCUT2D eigenvalue weighted by atomic mass is 10.2. The fourth-order valence-electron chi connectivity index (χ4n) is 1.52. The molecule has 0 aliphatic heterocycles. The molecule has 0 saturated heterocycles. The van der Waals surface area contributed by atoms with Gasteiger partial charge in [0.15, 0.2) is 5.84 Å². The summed E-state index contributed by atoms with van der Waals surface area (Å²) in [5.74, 6) is 0.190. The first-order valence-corrected chi connectivity index (χ1v) is 6.58. The number of nitrogens with two attached hydrogens (primary N) is 1. The lowest BCUT2D eigenvalue weighted by molar-refractivity contribution is 0.318. The van der Waals surface area contributed by atoms with Crippen molar-refractivity contribution in [3.8, 4) is 11.5 Å². The van der Waals surface area contributed by atoms with E-state index in [0.29, 0.717) is 26.6 Å². The minimum Gasteiger partial charge on any atom is -0.455 e. The van der Waals surface area contributed by atoms with Crippen LogP contribution >= 0.6 is 27.5 Å². The van der Waals surface area contributed by atoms with E-state index in [1.165, 1.54) is 24.3 Å². The summed E-state index contributed by atoms with van der Waals surface area (Å²) < 4.78 is 19.1. The van der Waals surface area contributed by atoms with Crippen molar-refractivity contribution in [2.24, 2.45) is 10.9 Å². The van der Waals surface area contributed by atoms with E-state index >= 15 is 0 Å². The highest BCUT2D eigenvalue weighted by Crippen LogP contribution is 2.33. The highest BCUT2D eigenvalue weighted by molar-refractivity contribution is 9.10. The first-order chi connectivity index (χ1) is 9.51. The van der Waals surface area contributed by atoms with Gasteiger partial charge >= 0.3 is 0 Å². The summed E-state index contributed by atoms with van der Waals surface area (Å²) >= 11 is 9.06. The zero-order valence-electron chi connectivity index (χ0n) is 9.98. The van der Waals surface area contributed by atoms with Crippen molar-refractivity contribution in [2.75, 3.05) is 0 Å². The van der Waals surface area contributed by atoms with Crippen LogP contribution in [0.1, 0.15) is 5.56 Å². The molecule has 0 spiro atoms. The predicted octanol–water partition coefficient (Wildman–Crippen LogP) is 4.13. The summed E-state index contributed by atoms with van der Waals surface area (Å²) in [7, 11) is 0. The van der Waals surface area contributed by atoms with E-state index in [4.69, 9.17) is 27.3 Å². The van der Waals surface area contributed by atoms with Gasteiger partial charge in [-0.25, -0.2) is 4.39 Å². The highest BCUT2D eigenvalue weighted by Gasteiger charge is 2.12. The third-order valence-corrected chi connectivity index (χ3v) is 3.29. The van der Waals surface area contributed by atoms with Crippen LogP contribution in [-0.4, -0.2) is 11.0 Å². The molecule has 4 nitrogen and oxygen atoms in total. The van der Waals surface area contributed by atoms with Crippen molar-refractivity contribution >= 4 is 33.4 Å². The topological polar surface area (TPSA) is 67.8 Å². The molecular formula is C13H9BrClFN2O2. The van der Waals surface area contributed by atoms with Crippen LogP contribution in [0.3, 0.4) is 0 Å². The molecule has 0 atom stereocenters. The van der Waals surface area contributed by atoms with Crippen LogP contribution in [0, 0.1) is 5.82 Å². The molecule has 2 rings (SSSR count). The Bertz CT molecular complexity index is 679. The maximum Gasteiger partial charge on any atom is 0.173 e. The van der Waals surface area contributed by atoms with E-state index in [1.807, 2.05) is 0 Å². The average Bonchev–Trinajstić information content (AvgIpc) is 2.42.